The van der Waals surface area contributed by atoms with Gasteiger partial charge in [-0.15, -0.1) is 37.3 Å². The summed E-state index contributed by atoms with van der Waals surface area (Å²) < 4.78 is 0. The van der Waals surface area contributed by atoms with Gasteiger partial charge in [0.1, 0.15) is 0 Å². The number of halogens is 1. The number of hydrogen-bond donors (Lipinski definition) is 4. The van der Waals surface area contributed by atoms with Crippen molar-refractivity contribution in [2.24, 2.45) is 47.3 Å². The van der Waals surface area contributed by atoms with E-state index in [0.717, 1.165) is 25.7 Å². The third-order valence-electron chi connectivity index (χ3n) is 12.5. The van der Waals surface area contributed by atoms with Crippen LogP contribution in [0.25, 0.3) is 10.6 Å². The predicted molar refractivity (Wildman–Crippen MR) is 167 cm³/mol. The normalized spacial score (nSPS) is 46.5. The van der Waals surface area contributed by atoms with Crippen LogP contribution in [0.3, 0.4) is 0 Å². The molecule has 0 saturated carbocycles. The van der Waals surface area contributed by atoms with E-state index >= 15 is 0 Å². The standard InChI is InChI=1S/C34H54N4O4.ClH.Fe/c1-7-21-17(3)25-13-26-19(5)23(9-11-33(39)40)31(37-26)16-32-24(10-12-34(41)42)20(6)28(38-32)15-30-22(8-2)18(4)27(36-30)14-29(21)35-25;;/h7-8,17-32,35,38H,1-2,9-16H2,3-6H3,(H,39,40)(H,41,42);1H;/q-2;;+3/p-1. The summed E-state index contributed by atoms with van der Waals surface area (Å²) in [6.07, 6.45) is 9.62. The Kier molecular flexibility index (Phi) is 13.5. The monoisotopic (exact) mass is 673 g/mol. The van der Waals surface area contributed by atoms with Gasteiger partial charge >= 0.3 is 29.0 Å². The van der Waals surface area contributed by atoms with Crippen LogP contribution in [0.15, 0.2) is 25.3 Å². The molecule has 0 aliphatic carbocycles. The van der Waals surface area contributed by atoms with Crippen LogP contribution in [0, 0.1) is 47.3 Å². The maximum absolute atomic E-state index is 11.6. The minimum Gasteiger partial charge on any atom is -1.00 e. The summed E-state index contributed by atoms with van der Waals surface area (Å²) in [6.45, 7) is 17.7. The Morgan fingerprint density at radius 2 is 1.14 bits per heavy atom. The van der Waals surface area contributed by atoms with Crippen molar-refractivity contribution in [1.82, 2.24) is 10.6 Å². The van der Waals surface area contributed by atoms with Crippen LogP contribution in [0.1, 0.15) is 79.1 Å². The molecule has 1 radical (unpaired) electrons. The number of carboxylic acid groups (broad SMARTS) is 2. The van der Waals surface area contributed by atoms with Gasteiger partial charge in [-0.25, -0.2) is 0 Å². The van der Waals surface area contributed by atoms with E-state index in [1.807, 2.05) is 0 Å². The van der Waals surface area contributed by atoms with Gasteiger partial charge in [0, 0.05) is 37.0 Å². The minimum absolute atomic E-state index is 0. The van der Waals surface area contributed by atoms with Gasteiger partial charge in [-0.2, -0.15) is 0 Å². The van der Waals surface area contributed by atoms with Gasteiger partial charge in [0.2, 0.25) is 0 Å². The van der Waals surface area contributed by atoms with Crippen molar-refractivity contribution in [2.45, 2.75) is 127 Å². The van der Waals surface area contributed by atoms with Gasteiger partial charge in [-0.1, -0.05) is 83.3 Å². The van der Waals surface area contributed by atoms with E-state index < -0.39 is 11.9 Å². The van der Waals surface area contributed by atoms with Gasteiger partial charge in [-0.3, -0.25) is 9.59 Å². The summed E-state index contributed by atoms with van der Waals surface area (Å²) in [7, 11) is 0. The van der Waals surface area contributed by atoms with E-state index in [9.17, 15) is 19.8 Å². The average molecular weight is 674 g/mol. The fourth-order valence-corrected chi connectivity index (χ4v) is 9.93. The SMILES string of the molecule is C=CC1C2CC3NC(CC4[N-]C(CC5NC(CC([N-]2)C1C)C(C=C)C5C)C(C)C4CCC(=O)O)C(CCC(=O)O)C3C.[Cl-].[Fe+3]. The largest absolute Gasteiger partial charge is 3.00 e. The van der Waals surface area contributed by atoms with Crippen molar-refractivity contribution in [3.05, 3.63) is 35.9 Å². The first-order valence-corrected chi connectivity index (χ1v) is 16.6. The van der Waals surface area contributed by atoms with E-state index in [0.29, 0.717) is 60.4 Å². The summed E-state index contributed by atoms with van der Waals surface area (Å²) in [4.78, 5) is 23.3. The molecule has 0 amide bonds. The Labute approximate surface area is 281 Å². The molecule has 0 aromatic rings. The molecule has 4 N–H and O–H groups in total. The second-order valence-corrected chi connectivity index (χ2v) is 14.5. The molecule has 44 heavy (non-hydrogen) atoms. The molecule has 5 saturated heterocycles. The van der Waals surface area contributed by atoms with Crippen LogP contribution in [0.4, 0.5) is 0 Å². The number of nitrogens with zero attached hydrogens (tertiary/aromatic N) is 2. The topological polar surface area (TPSA) is 127 Å². The predicted octanol–water partition coefficient (Wildman–Crippen LogP) is 2.60. The Morgan fingerprint density at radius 1 is 0.659 bits per heavy atom. The van der Waals surface area contributed by atoms with Gasteiger partial charge in [0.05, 0.1) is 0 Å². The van der Waals surface area contributed by atoms with Crippen molar-refractivity contribution in [3.8, 4) is 0 Å². The zero-order valence-electron chi connectivity index (χ0n) is 26.8. The van der Waals surface area contributed by atoms with Crippen LogP contribution in [0.2, 0.25) is 0 Å². The summed E-state index contributed by atoms with van der Waals surface area (Å²) >= 11 is 0. The number of hydrogen-bond acceptors (Lipinski definition) is 4. The van der Waals surface area contributed by atoms with Crippen molar-refractivity contribution in [3.63, 3.8) is 0 Å². The summed E-state index contributed by atoms with van der Waals surface area (Å²) in [5, 5.41) is 38.0. The molecule has 0 aromatic heterocycles. The summed E-state index contributed by atoms with van der Waals surface area (Å²) in [5.74, 6) is 1.21. The quantitative estimate of drug-likeness (QED) is 0.232. The molecule has 5 heterocycles. The number of aliphatic carboxylic acids is 2. The molecular formula is C34H54ClFeN4O4. The maximum Gasteiger partial charge on any atom is 3.00 e. The second kappa shape index (κ2) is 15.8. The fraction of sp³-hybridized carbons (Fsp3) is 0.824. The van der Waals surface area contributed by atoms with Gasteiger partial charge in [0.25, 0.3) is 0 Å². The van der Waals surface area contributed by atoms with Crippen LogP contribution in [0.5, 0.6) is 0 Å². The van der Waals surface area contributed by atoms with E-state index in [1.165, 1.54) is 0 Å². The summed E-state index contributed by atoms with van der Waals surface area (Å²) in [5.41, 5.74) is 0. The molecule has 8 bridgehead atoms. The van der Waals surface area contributed by atoms with Crippen LogP contribution >= 0.6 is 0 Å². The number of fused-ring (bicyclic) bond motifs is 8. The zero-order chi connectivity index (χ0) is 30.3. The van der Waals surface area contributed by atoms with Crippen molar-refractivity contribution >= 4 is 11.9 Å². The summed E-state index contributed by atoms with van der Waals surface area (Å²) in [6, 6.07) is 1.83. The van der Waals surface area contributed by atoms with Gasteiger partial charge in [-0.05, 0) is 42.4 Å². The first-order chi connectivity index (χ1) is 20.0. The molecule has 0 aromatic carbocycles. The average Bonchev–Trinajstić information content (AvgIpc) is 3.59. The van der Waals surface area contributed by atoms with Gasteiger partial charge in [0.15, 0.2) is 0 Å². The van der Waals surface area contributed by atoms with E-state index in [1.54, 1.807) is 0 Å². The molecule has 10 heteroatoms. The molecule has 5 rings (SSSR count). The Bertz CT molecular complexity index is 1020. The van der Waals surface area contributed by atoms with E-state index in [2.05, 4.69) is 63.6 Å². The third-order valence-corrected chi connectivity index (χ3v) is 12.5. The number of nitrogens with one attached hydrogen (secondary N) is 2. The van der Waals surface area contributed by atoms with Crippen LogP contribution < -0.4 is 23.0 Å². The van der Waals surface area contributed by atoms with Crippen molar-refractivity contribution in [2.75, 3.05) is 0 Å². The number of rotatable bonds is 8. The molecule has 0 spiro atoms. The number of carbonyl (C=O) groups is 2. The molecule has 5 fully saturated rings. The first-order valence-electron chi connectivity index (χ1n) is 16.6. The van der Waals surface area contributed by atoms with E-state index in [4.69, 9.17) is 10.6 Å². The Balaban J connectivity index is 0.00000264. The fourth-order valence-electron chi connectivity index (χ4n) is 9.93. The Hall–Kier alpha value is -0.931. The number of carboxylic acids is 2. The first kappa shape index (κ1) is 37.5. The van der Waals surface area contributed by atoms with Crippen LogP contribution in [-0.4, -0.2) is 70.5 Å². The molecule has 16 atom stereocenters. The molecule has 249 valence electrons. The molecule has 16 unspecified atom stereocenters. The molecule has 5 aliphatic heterocycles. The minimum atomic E-state index is -0.748. The molecule has 8 nitrogen and oxygen atoms in total. The van der Waals surface area contributed by atoms with Gasteiger partial charge < -0.3 is 43.9 Å². The van der Waals surface area contributed by atoms with Crippen LogP contribution in [-0.2, 0) is 26.7 Å². The molecular weight excluding hydrogens is 620 g/mol. The smallest absolute Gasteiger partial charge is 1.00 e. The maximum atomic E-state index is 11.6. The second-order valence-electron chi connectivity index (χ2n) is 14.5. The Morgan fingerprint density at radius 3 is 1.75 bits per heavy atom. The van der Waals surface area contributed by atoms with E-state index in [-0.39, 0.29) is 90.4 Å². The third kappa shape index (κ3) is 7.61. The molecule has 5 aliphatic rings. The zero-order valence-corrected chi connectivity index (χ0v) is 28.7. The van der Waals surface area contributed by atoms with Crippen molar-refractivity contribution < 1.29 is 49.3 Å². The van der Waals surface area contributed by atoms with Crippen molar-refractivity contribution in [1.29, 1.82) is 0 Å².